The van der Waals surface area contributed by atoms with E-state index in [0.29, 0.717) is 22.0 Å². The van der Waals surface area contributed by atoms with E-state index in [-0.39, 0.29) is 16.6 Å². The van der Waals surface area contributed by atoms with Crippen molar-refractivity contribution in [3.8, 4) is 0 Å². The quantitative estimate of drug-likeness (QED) is 0.660. The molecule has 0 aliphatic rings. The molecule has 0 N–H and O–H groups in total. The molecule has 0 spiro atoms. The Bertz CT molecular complexity index is 469. The first-order valence-electron chi connectivity index (χ1n) is 7.58. The third-order valence-electron chi connectivity index (χ3n) is 3.13. The van der Waals surface area contributed by atoms with Crippen LogP contribution >= 0.6 is 11.3 Å². The van der Waals surface area contributed by atoms with Gasteiger partial charge in [-0.2, -0.15) is 0 Å². The fourth-order valence-corrected chi connectivity index (χ4v) is 3.49. The van der Waals surface area contributed by atoms with E-state index >= 15 is 0 Å². The molecule has 0 aliphatic heterocycles. The maximum atomic E-state index is 11.7. The molecular weight excluding hydrogens is 296 g/mol. The maximum Gasteiger partial charge on any atom is 0.237 e. The SMILES string of the molecule is CC(C)C(=O)CCc1ccc(C(C)(C)O[Si]C(C)(C)C)s1. The van der Waals surface area contributed by atoms with Gasteiger partial charge in [0.25, 0.3) is 0 Å². The minimum absolute atomic E-state index is 0.136. The Balaban J connectivity index is 2.63. The third kappa shape index (κ3) is 6.45. The van der Waals surface area contributed by atoms with E-state index in [2.05, 4.69) is 46.8 Å². The summed E-state index contributed by atoms with van der Waals surface area (Å²) in [5.74, 6) is 0.479. The average molecular weight is 325 g/mol. The summed E-state index contributed by atoms with van der Waals surface area (Å²) >= 11 is 1.77. The first-order chi connectivity index (χ1) is 9.51. The van der Waals surface area contributed by atoms with Crippen molar-refractivity contribution in [2.24, 2.45) is 5.92 Å². The highest BCUT2D eigenvalue weighted by Gasteiger charge is 2.26. The maximum absolute atomic E-state index is 11.7. The van der Waals surface area contributed by atoms with Gasteiger partial charge >= 0.3 is 0 Å². The van der Waals surface area contributed by atoms with Crippen molar-refractivity contribution in [1.29, 1.82) is 0 Å². The predicted molar refractivity (Wildman–Crippen MR) is 92.1 cm³/mol. The number of aryl methyl sites for hydroxylation is 1. The Morgan fingerprint density at radius 2 is 1.86 bits per heavy atom. The number of ketones is 1. The van der Waals surface area contributed by atoms with Crippen LogP contribution in [0.1, 0.15) is 64.6 Å². The molecule has 2 radical (unpaired) electrons. The van der Waals surface area contributed by atoms with Gasteiger partial charge in [0.1, 0.15) is 5.78 Å². The van der Waals surface area contributed by atoms with E-state index in [4.69, 9.17) is 4.43 Å². The largest absolute Gasteiger partial charge is 0.407 e. The molecule has 2 nitrogen and oxygen atoms in total. The molecule has 1 rings (SSSR count). The molecule has 0 saturated heterocycles. The lowest BCUT2D eigenvalue weighted by molar-refractivity contribution is -0.121. The van der Waals surface area contributed by atoms with Crippen LogP contribution in [0.3, 0.4) is 0 Å². The summed E-state index contributed by atoms with van der Waals surface area (Å²) in [6, 6.07) is 4.28. The summed E-state index contributed by atoms with van der Waals surface area (Å²) < 4.78 is 6.13. The normalized spacial score (nSPS) is 13.0. The zero-order chi connectivity index (χ0) is 16.3. The molecule has 1 aromatic rings. The van der Waals surface area contributed by atoms with Crippen molar-refractivity contribution in [2.75, 3.05) is 0 Å². The summed E-state index contributed by atoms with van der Waals surface area (Å²) in [6.45, 7) is 14.8. The first-order valence-corrected chi connectivity index (χ1v) is 9.31. The molecule has 118 valence electrons. The van der Waals surface area contributed by atoms with Gasteiger partial charge in [-0.3, -0.25) is 4.79 Å². The fourth-order valence-electron chi connectivity index (χ4n) is 1.70. The van der Waals surface area contributed by atoms with Gasteiger partial charge in [-0.25, -0.2) is 0 Å². The van der Waals surface area contributed by atoms with Gasteiger partial charge < -0.3 is 4.43 Å². The summed E-state index contributed by atoms with van der Waals surface area (Å²) in [4.78, 5) is 14.2. The molecule has 0 aliphatic carbocycles. The van der Waals surface area contributed by atoms with Crippen LogP contribution in [0.25, 0.3) is 0 Å². The third-order valence-corrected chi connectivity index (χ3v) is 5.80. The Morgan fingerprint density at radius 3 is 2.38 bits per heavy atom. The lowest BCUT2D eigenvalue weighted by Crippen LogP contribution is -2.26. The lowest BCUT2D eigenvalue weighted by Gasteiger charge is -2.28. The van der Waals surface area contributed by atoms with Gasteiger partial charge in [-0.15, -0.1) is 11.3 Å². The molecule has 0 aromatic carbocycles. The van der Waals surface area contributed by atoms with Gasteiger partial charge in [-0.1, -0.05) is 34.6 Å². The van der Waals surface area contributed by atoms with Crippen molar-refractivity contribution in [3.63, 3.8) is 0 Å². The summed E-state index contributed by atoms with van der Waals surface area (Å²) in [7, 11) is 0.474. The van der Waals surface area contributed by atoms with Crippen molar-refractivity contribution in [2.45, 2.75) is 71.9 Å². The van der Waals surface area contributed by atoms with E-state index < -0.39 is 0 Å². The molecule has 0 atom stereocenters. The minimum Gasteiger partial charge on any atom is -0.407 e. The predicted octanol–water partition coefficient (Wildman–Crippen LogP) is 5.00. The van der Waals surface area contributed by atoms with Crippen LogP contribution in [0.4, 0.5) is 0 Å². The molecular formula is C17H28O2SSi. The van der Waals surface area contributed by atoms with E-state index in [1.165, 1.54) is 9.75 Å². The van der Waals surface area contributed by atoms with Gasteiger partial charge in [0.15, 0.2) is 0 Å². The highest BCUT2D eigenvalue weighted by atomic mass is 32.1. The van der Waals surface area contributed by atoms with Crippen LogP contribution < -0.4 is 0 Å². The van der Waals surface area contributed by atoms with Crippen LogP contribution in [0.5, 0.6) is 0 Å². The molecule has 4 heteroatoms. The van der Waals surface area contributed by atoms with Crippen LogP contribution in [0, 0.1) is 5.92 Å². The van der Waals surface area contributed by atoms with E-state index in [0.717, 1.165) is 6.42 Å². The van der Waals surface area contributed by atoms with E-state index in [1.807, 2.05) is 13.8 Å². The number of Topliss-reactive ketones (excluding diaryl/α,β-unsaturated/α-hetero) is 1. The molecule has 0 fully saturated rings. The van der Waals surface area contributed by atoms with Crippen LogP contribution in [0.15, 0.2) is 12.1 Å². The van der Waals surface area contributed by atoms with E-state index in [9.17, 15) is 4.79 Å². The standard InChI is InChI=1S/C17H28O2SSi/c1-12(2)14(18)10-8-13-9-11-15(20-13)17(6,7)19-21-16(3,4)5/h9,11-12H,8,10H2,1-7H3. The smallest absolute Gasteiger partial charge is 0.237 e. The van der Waals surface area contributed by atoms with Gasteiger partial charge in [0.2, 0.25) is 9.76 Å². The lowest BCUT2D eigenvalue weighted by atomic mass is 10.0. The van der Waals surface area contributed by atoms with E-state index in [1.54, 1.807) is 11.3 Å². The monoisotopic (exact) mass is 324 g/mol. The summed E-state index contributed by atoms with van der Waals surface area (Å²) in [5.41, 5.74) is -0.253. The van der Waals surface area contributed by atoms with Gasteiger partial charge in [0, 0.05) is 22.1 Å². The number of rotatable bonds is 7. The second kappa shape index (κ2) is 7.21. The molecule has 0 bridgehead atoms. The zero-order valence-electron chi connectivity index (χ0n) is 14.4. The molecule has 0 amide bonds. The van der Waals surface area contributed by atoms with Crippen molar-refractivity contribution in [3.05, 3.63) is 21.9 Å². The number of hydrogen-bond donors (Lipinski definition) is 0. The first kappa shape index (κ1) is 18.6. The summed E-state index contributed by atoms with van der Waals surface area (Å²) in [6.07, 6.45) is 1.49. The van der Waals surface area contributed by atoms with Crippen LogP contribution in [-0.4, -0.2) is 15.5 Å². The Kier molecular flexibility index (Phi) is 6.38. The Labute approximate surface area is 136 Å². The Hall–Kier alpha value is -0.453. The minimum atomic E-state index is -0.253. The molecule has 0 unspecified atom stereocenters. The number of thiophene rings is 1. The molecule has 21 heavy (non-hydrogen) atoms. The second-order valence-electron chi connectivity index (χ2n) is 7.35. The Morgan fingerprint density at radius 1 is 1.24 bits per heavy atom. The van der Waals surface area contributed by atoms with Crippen LogP contribution in [0.2, 0.25) is 5.04 Å². The van der Waals surface area contributed by atoms with Gasteiger partial charge in [0.05, 0.1) is 5.60 Å². The van der Waals surface area contributed by atoms with Crippen molar-refractivity contribution >= 4 is 26.9 Å². The fraction of sp³-hybridized carbons (Fsp3) is 0.706. The molecule has 1 aromatic heterocycles. The molecule has 0 saturated carbocycles. The number of carbonyl (C=O) groups excluding carboxylic acids is 1. The van der Waals surface area contributed by atoms with Crippen LogP contribution in [-0.2, 0) is 21.2 Å². The summed E-state index contributed by atoms with van der Waals surface area (Å²) in [5, 5.41) is 0.195. The zero-order valence-corrected chi connectivity index (χ0v) is 16.2. The topological polar surface area (TPSA) is 26.3 Å². The van der Waals surface area contributed by atoms with Crippen molar-refractivity contribution < 1.29 is 9.22 Å². The highest BCUT2D eigenvalue weighted by Crippen LogP contribution is 2.34. The van der Waals surface area contributed by atoms with Gasteiger partial charge in [-0.05, 0) is 37.4 Å². The number of hydrogen-bond acceptors (Lipinski definition) is 3. The second-order valence-corrected chi connectivity index (χ2v) is 10.4. The average Bonchev–Trinajstić information content (AvgIpc) is 2.82. The molecule has 1 heterocycles. The van der Waals surface area contributed by atoms with Crippen molar-refractivity contribution in [1.82, 2.24) is 0 Å². The highest BCUT2D eigenvalue weighted by molar-refractivity contribution is 7.12. The number of carbonyl (C=O) groups is 1.